The molecule has 0 saturated carbocycles. The highest BCUT2D eigenvalue weighted by molar-refractivity contribution is 5.42. The number of aromatic nitrogens is 1. The molecule has 0 bridgehead atoms. The third kappa shape index (κ3) is 3.00. The van der Waals surface area contributed by atoms with Gasteiger partial charge in [0.1, 0.15) is 5.82 Å². The molecule has 0 aliphatic carbocycles. The molecule has 1 aromatic heterocycles. The molecule has 1 fully saturated rings. The molecular formula is C14H23N3O. The molecule has 3 atom stereocenters. The van der Waals surface area contributed by atoms with Gasteiger partial charge < -0.3 is 15.0 Å². The van der Waals surface area contributed by atoms with Gasteiger partial charge in [-0.25, -0.2) is 4.98 Å². The first kappa shape index (κ1) is 13.3. The van der Waals surface area contributed by atoms with Crippen LogP contribution in [0.1, 0.15) is 32.4 Å². The minimum atomic E-state index is 0.265. The van der Waals surface area contributed by atoms with Gasteiger partial charge in [0.2, 0.25) is 0 Å². The van der Waals surface area contributed by atoms with Gasteiger partial charge in [0.25, 0.3) is 0 Å². The van der Waals surface area contributed by atoms with Gasteiger partial charge in [-0.3, -0.25) is 0 Å². The van der Waals surface area contributed by atoms with Crippen LogP contribution in [-0.4, -0.2) is 37.3 Å². The summed E-state index contributed by atoms with van der Waals surface area (Å²) in [5.41, 5.74) is 1.27. The number of morpholine rings is 1. The Morgan fingerprint density at radius 1 is 1.39 bits per heavy atom. The lowest BCUT2D eigenvalue weighted by Gasteiger charge is -2.36. The zero-order valence-electron chi connectivity index (χ0n) is 11.7. The fraction of sp³-hybridized carbons (Fsp3) is 0.643. The Morgan fingerprint density at radius 2 is 2.06 bits per heavy atom. The average Bonchev–Trinajstić information content (AvgIpc) is 2.37. The Labute approximate surface area is 109 Å². The molecule has 100 valence electrons. The van der Waals surface area contributed by atoms with E-state index < -0.39 is 0 Å². The molecule has 1 aliphatic rings. The van der Waals surface area contributed by atoms with Crippen LogP contribution in [0, 0.1) is 0 Å². The van der Waals surface area contributed by atoms with Crippen molar-refractivity contribution in [2.75, 3.05) is 25.0 Å². The molecule has 0 aromatic carbocycles. The first-order valence-corrected chi connectivity index (χ1v) is 6.63. The van der Waals surface area contributed by atoms with Crippen molar-refractivity contribution >= 4 is 5.82 Å². The number of anilines is 1. The zero-order chi connectivity index (χ0) is 13.1. The van der Waals surface area contributed by atoms with Crippen molar-refractivity contribution in [3.8, 4) is 0 Å². The number of rotatable bonds is 3. The zero-order valence-corrected chi connectivity index (χ0v) is 11.7. The molecular weight excluding hydrogens is 226 g/mol. The summed E-state index contributed by atoms with van der Waals surface area (Å²) >= 11 is 0. The van der Waals surface area contributed by atoms with E-state index >= 15 is 0 Å². The summed E-state index contributed by atoms with van der Waals surface area (Å²) < 4.78 is 5.75. The number of hydrogen-bond donors (Lipinski definition) is 1. The highest BCUT2D eigenvalue weighted by atomic mass is 16.5. The average molecular weight is 249 g/mol. The molecule has 1 aliphatic heterocycles. The molecule has 1 saturated heterocycles. The standard InChI is InChI=1S/C14H23N3O/c1-10-8-17(9-11(2)18-10)14-7-13(5-6-16-14)12(3)15-4/h5-7,10-12,15H,8-9H2,1-4H3/t10-,11+,12?. The first-order valence-electron chi connectivity index (χ1n) is 6.63. The molecule has 18 heavy (non-hydrogen) atoms. The van der Waals surface area contributed by atoms with Crippen LogP contribution >= 0.6 is 0 Å². The molecule has 1 N–H and O–H groups in total. The highest BCUT2D eigenvalue weighted by Crippen LogP contribution is 2.21. The second kappa shape index (κ2) is 5.67. The molecule has 1 aromatic rings. The smallest absolute Gasteiger partial charge is 0.128 e. The van der Waals surface area contributed by atoms with Crippen LogP contribution in [0.4, 0.5) is 5.82 Å². The fourth-order valence-electron chi connectivity index (χ4n) is 2.41. The highest BCUT2D eigenvalue weighted by Gasteiger charge is 2.23. The lowest BCUT2D eigenvalue weighted by atomic mass is 10.1. The molecule has 2 rings (SSSR count). The number of pyridine rings is 1. The minimum Gasteiger partial charge on any atom is -0.372 e. The molecule has 1 unspecified atom stereocenters. The summed E-state index contributed by atoms with van der Waals surface area (Å²) in [4.78, 5) is 6.80. The van der Waals surface area contributed by atoms with Crippen molar-refractivity contribution in [1.82, 2.24) is 10.3 Å². The predicted molar refractivity (Wildman–Crippen MR) is 73.9 cm³/mol. The SMILES string of the molecule is CNC(C)c1ccnc(N2C[C@@H](C)O[C@@H](C)C2)c1. The topological polar surface area (TPSA) is 37.4 Å². The van der Waals surface area contributed by atoms with Crippen LogP contribution in [-0.2, 0) is 4.74 Å². The maximum absolute atomic E-state index is 5.75. The summed E-state index contributed by atoms with van der Waals surface area (Å²) in [5, 5.41) is 3.26. The Hall–Kier alpha value is -1.13. The molecule has 2 heterocycles. The van der Waals surface area contributed by atoms with E-state index in [1.165, 1.54) is 5.56 Å². The van der Waals surface area contributed by atoms with Crippen LogP contribution in [0.25, 0.3) is 0 Å². The van der Waals surface area contributed by atoms with Crippen LogP contribution in [0.3, 0.4) is 0 Å². The molecule has 4 nitrogen and oxygen atoms in total. The van der Waals surface area contributed by atoms with Crippen molar-refractivity contribution in [1.29, 1.82) is 0 Å². The van der Waals surface area contributed by atoms with Crippen molar-refractivity contribution in [2.45, 2.75) is 39.0 Å². The lowest BCUT2D eigenvalue weighted by Crippen LogP contribution is -2.45. The number of nitrogens with zero attached hydrogens (tertiary/aromatic N) is 2. The van der Waals surface area contributed by atoms with Gasteiger partial charge in [0.15, 0.2) is 0 Å². The van der Waals surface area contributed by atoms with Crippen molar-refractivity contribution in [3.63, 3.8) is 0 Å². The van der Waals surface area contributed by atoms with Crippen LogP contribution in [0.5, 0.6) is 0 Å². The molecule has 0 radical (unpaired) electrons. The van der Waals surface area contributed by atoms with Crippen molar-refractivity contribution in [3.05, 3.63) is 23.9 Å². The Kier molecular flexibility index (Phi) is 4.19. The first-order chi connectivity index (χ1) is 8.60. The maximum Gasteiger partial charge on any atom is 0.128 e. The van der Waals surface area contributed by atoms with Crippen LogP contribution in [0.15, 0.2) is 18.3 Å². The third-order valence-corrected chi connectivity index (χ3v) is 3.45. The quantitative estimate of drug-likeness (QED) is 0.889. The third-order valence-electron chi connectivity index (χ3n) is 3.45. The van der Waals surface area contributed by atoms with Gasteiger partial charge in [-0.15, -0.1) is 0 Å². The van der Waals surface area contributed by atoms with E-state index in [1.54, 1.807) is 0 Å². The second-order valence-electron chi connectivity index (χ2n) is 5.12. The van der Waals surface area contributed by atoms with E-state index in [4.69, 9.17) is 4.74 Å². The van der Waals surface area contributed by atoms with Gasteiger partial charge in [-0.05, 0) is 45.5 Å². The Morgan fingerprint density at radius 3 is 2.67 bits per heavy atom. The van der Waals surface area contributed by atoms with E-state index in [2.05, 4.69) is 48.1 Å². The number of hydrogen-bond acceptors (Lipinski definition) is 4. The predicted octanol–water partition coefficient (Wildman–Crippen LogP) is 1.98. The largest absolute Gasteiger partial charge is 0.372 e. The van der Waals surface area contributed by atoms with Gasteiger partial charge in [0.05, 0.1) is 12.2 Å². The molecule has 0 amide bonds. The summed E-state index contributed by atoms with van der Waals surface area (Å²) in [6, 6.07) is 4.59. The summed E-state index contributed by atoms with van der Waals surface area (Å²) in [6.45, 7) is 8.21. The monoisotopic (exact) mass is 249 g/mol. The van der Waals surface area contributed by atoms with Crippen LogP contribution < -0.4 is 10.2 Å². The van der Waals surface area contributed by atoms with Gasteiger partial charge >= 0.3 is 0 Å². The summed E-state index contributed by atoms with van der Waals surface area (Å²) in [5.74, 6) is 1.05. The number of ether oxygens (including phenoxy) is 1. The Bertz CT molecular complexity index is 386. The van der Waals surface area contributed by atoms with Gasteiger partial charge in [-0.1, -0.05) is 0 Å². The number of nitrogens with one attached hydrogen (secondary N) is 1. The molecule has 0 spiro atoms. The fourth-order valence-corrected chi connectivity index (χ4v) is 2.41. The summed E-state index contributed by atoms with van der Waals surface area (Å²) in [7, 11) is 1.98. The van der Waals surface area contributed by atoms with E-state index in [0.717, 1.165) is 18.9 Å². The lowest BCUT2D eigenvalue weighted by molar-refractivity contribution is -0.00546. The van der Waals surface area contributed by atoms with Gasteiger partial charge in [-0.2, -0.15) is 0 Å². The van der Waals surface area contributed by atoms with Crippen molar-refractivity contribution in [2.24, 2.45) is 0 Å². The maximum atomic E-state index is 5.75. The normalized spacial score (nSPS) is 26.1. The minimum absolute atomic E-state index is 0.265. The van der Waals surface area contributed by atoms with E-state index in [-0.39, 0.29) is 12.2 Å². The van der Waals surface area contributed by atoms with E-state index in [1.807, 2.05) is 13.2 Å². The van der Waals surface area contributed by atoms with E-state index in [9.17, 15) is 0 Å². The van der Waals surface area contributed by atoms with Crippen molar-refractivity contribution < 1.29 is 4.74 Å². The summed E-state index contributed by atoms with van der Waals surface area (Å²) in [6.07, 6.45) is 2.42. The van der Waals surface area contributed by atoms with Crippen LogP contribution in [0.2, 0.25) is 0 Å². The molecule has 4 heteroatoms. The Balaban J connectivity index is 2.17. The van der Waals surface area contributed by atoms with Gasteiger partial charge in [0, 0.05) is 25.3 Å². The second-order valence-corrected chi connectivity index (χ2v) is 5.12. The van der Waals surface area contributed by atoms with E-state index in [0.29, 0.717) is 6.04 Å².